The van der Waals surface area contributed by atoms with E-state index in [4.69, 9.17) is 4.74 Å². The smallest absolute Gasteiger partial charge is 0.387 e. The summed E-state index contributed by atoms with van der Waals surface area (Å²) in [7, 11) is 1.63. The summed E-state index contributed by atoms with van der Waals surface area (Å²) in [5.74, 6) is 0.831. The molecular formula is C23H27F2N5O2. The summed E-state index contributed by atoms with van der Waals surface area (Å²) in [6.45, 7) is 0.885. The number of likely N-dealkylation sites (tertiary alicyclic amines) is 1. The third-order valence-corrected chi connectivity index (χ3v) is 5.68. The van der Waals surface area contributed by atoms with Crippen molar-refractivity contribution < 1.29 is 18.3 Å². The molecule has 1 unspecified atom stereocenters. The van der Waals surface area contributed by atoms with Gasteiger partial charge < -0.3 is 24.6 Å². The first-order valence-electron chi connectivity index (χ1n) is 10.6. The number of nitrogens with one attached hydrogen (secondary N) is 1. The minimum absolute atomic E-state index is 0.0989. The van der Waals surface area contributed by atoms with Crippen molar-refractivity contribution in [3.05, 3.63) is 54.6 Å². The molecule has 0 radical (unpaired) electrons. The fraction of sp³-hybridized carbons (Fsp3) is 0.391. The third-order valence-electron chi connectivity index (χ3n) is 5.68. The molecule has 0 amide bonds. The van der Waals surface area contributed by atoms with Crippen LogP contribution in [0, 0.1) is 0 Å². The van der Waals surface area contributed by atoms with Gasteiger partial charge in [-0.15, -0.1) is 0 Å². The van der Waals surface area contributed by atoms with Crippen LogP contribution in [0.1, 0.15) is 19.8 Å². The Kier molecular flexibility index (Phi) is 6.72. The molecule has 9 heteroatoms. The number of hydrogen-bond acceptors (Lipinski definition) is 7. The molecule has 0 aliphatic carbocycles. The lowest BCUT2D eigenvalue weighted by atomic mass is 10.0. The Hall–Kier alpha value is -3.36. The van der Waals surface area contributed by atoms with E-state index in [1.165, 1.54) is 0 Å². The van der Waals surface area contributed by atoms with E-state index < -0.39 is 6.61 Å². The molecule has 4 rings (SSSR count). The van der Waals surface area contributed by atoms with Crippen molar-refractivity contribution in [3.8, 4) is 11.5 Å². The number of methoxy groups -OCH3 is 1. The maximum Gasteiger partial charge on any atom is 0.387 e. The van der Waals surface area contributed by atoms with E-state index in [1.54, 1.807) is 43.8 Å². The molecule has 32 heavy (non-hydrogen) atoms. The van der Waals surface area contributed by atoms with E-state index >= 15 is 0 Å². The minimum Gasteiger partial charge on any atom is -0.494 e. The van der Waals surface area contributed by atoms with Gasteiger partial charge in [-0.25, -0.2) is 0 Å². The number of pyridine rings is 1. The van der Waals surface area contributed by atoms with Gasteiger partial charge in [0.2, 0.25) is 0 Å². The van der Waals surface area contributed by atoms with Crippen LogP contribution in [0.4, 0.5) is 20.2 Å². The van der Waals surface area contributed by atoms with E-state index in [0.717, 1.165) is 43.0 Å². The number of ether oxygens (including phenoxy) is 2. The highest BCUT2D eigenvalue weighted by atomic mass is 19.3. The summed E-state index contributed by atoms with van der Waals surface area (Å²) in [6, 6.07) is 8.70. The standard InChI is InChI=1S/C23H27F2N5O2/c1-16-27-13-19(14-28-16)29-11-8-18(9-12-29)30(21-15-26-10-7-22(21)31-2)17-3-5-20(6-4-17)32-23(24)25/h3-7,10,13-16,18,23,27H,8-9,11-12H2,1-2H3. The molecule has 1 atom stereocenters. The first-order valence-corrected chi connectivity index (χ1v) is 10.6. The average molecular weight is 443 g/mol. The summed E-state index contributed by atoms with van der Waals surface area (Å²) in [5.41, 5.74) is 2.79. The molecule has 0 spiro atoms. The van der Waals surface area contributed by atoms with Crippen LogP contribution in [-0.2, 0) is 0 Å². The van der Waals surface area contributed by atoms with Crippen LogP contribution in [-0.4, -0.2) is 55.1 Å². The number of benzene rings is 1. The second-order valence-electron chi connectivity index (χ2n) is 7.70. The molecule has 1 saturated heterocycles. The van der Waals surface area contributed by atoms with Crippen LogP contribution in [0.5, 0.6) is 11.5 Å². The molecular weight excluding hydrogens is 416 g/mol. The minimum atomic E-state index is -2.85. The average Bonchev–Trinajstić information content (AvgIpc) is 2.81. The molecule has 0 bridgehead atoms. The second kappa shape index (κ2) is 9.84. The summed E-state index contributed by atoms with van der Waals surface area (Å²) in [5, 5.41) is 3.25. The predicted octanol–water partition coefficient (Wildman–Crippen LogP) is 4.16. The molecule has 170 valence electrons. The Balaban J connectivity index is 1.57. The zero-order valence-electron chi connectivity index (χ0n) is 18.1. The van der Waals surface area contributed by atoms with E-state index in [0.29, 0.717) is 5.75 Å². The fourth-order valence-corrected chi connectivity index (χ4v) is 4.09. The second-order valence-corrected chi connectivity index (χ2v) is 7.70. The monoisotopic (exact) mass is 443 g/mol. The molecule has 1 aromatic carbocycles. The van der Waals surface area contributed by atoms with Gasteiger partial charge in [0.25, 0.3) is 0 Å². The van der Waals surface area contributed by atoms with Gasteiger partial charge in [0, 0.05) is 49.5 Å². The van der Waals surface area contributed by atoms with Crippen LogP contribution >= 0.6 is 0 Å². The Morgan fingerprint density at radius 1 is 1.16 bits per heavy atom. The lowest BCUT2D eigenvalue weighted by Crippen LogP contribution is -2.44. The molecule has 0 saturated carbocycles. The SMILES string of the molecule is COc1ccncc1N(c1ccc(OC(F)F)cc1)C1CCN(C2=CNC(C)N=C2)CC1. The normalized spacial score (nSPS) is 18.8. The molecule has 2 aliphatic rings. The Morgan fingerprint density at radius 3 is 2.53 bits per heavy atom. The van der Waals surface area contributed by atoms with Gasteiger partial charge in [-0.05, 0) is 44.0 Å². The molecule has 1 N–H and O–H groups in total. The van der Waals surface area contributed by atoms with Crippen molar-refractivity contribution in [1.82, 2.24) is 15.2 Å². The van der Waals surface area contributed by atoms with E-state index in [1.807, 2.05) is 25.4 Å². The topological polar surface area (TPSA) is 62.2 Å². The summed E-state index contributed by atoms with van der Waals surface area (Å²) < 4.78 is 35.2. The van der Waals surface area contributed by atoms with Crippen molar-refractivity contribution in [3.63, 3.8) is 0 Å². The highest BCUT2D eigenvalue weighted by Crippen LogP contribution is 2.38. The highest BCUT2D eigenvalue weighted by molar-refractivity contribution is 5.78. The lowest BCUT2D eigenvalue weighted by molar-refractivity contribution is -0.0498. The van der Waals surface area contributed by atoms with Crippen LogP contribution in [0.25, 0.3) is 0 Å². The third kappa shape index (κ3) is 4.92. The first kappa shape index (κ1) is 21.9. The number of alkyl halides is 2. The Morgan fingerprint density at radius 2 is 1.91 bits per heavy atom. The van der Waals surface area contributed by atoms with E-state index in [2.05, 4.69) is 29.8 Å². The molecule has 7 nitrogen and oxygen atoms in total. The Bertz CT molecular complexity index is 959. The van der Waals surface area contributed by atoms with Crippen LogP contribution < -0.4 is 19.7 Å². The van der Waals surface area contributed by atoms with Crippen molar-refractivity contribution in [2.45, 2.75) is 38.6 Å². The van der Waals surface area contributed by atoms with Gasteiger partial charge in [0.1, 0.15) is 23.4 Å². The van der Waals surface area contributed by atoms with Crippen LogP contribution in [0.15, 0.2) is 59.6 Å². The number of allylic oxidation sites excluding steroid dienone is 1. The molecule has 2 aromatic rings. The molecule has 2 aliphatic heterocycles. The number of nitrogens with zero attached hydrogens (tertiary/aromatic N) is 4. The van der Waals surface area contributed by atoms with Gasteiger partial charge >= 0.3 is 6.61 Å². The highest BCUT2D eigenvalue weighted by Gasteiger charge is 2.29. The largest absolute Gasteiger partial charge is 0.494 e. The number of halogens is 2. The van der Waals surface area contributed by atoms with E-state index in [-0.39, 0.29) is 18.0 Å². The van der Waals surface area contributed by atoms with Crippen molar-refractivity contribution in [2.75, 3.05) is 25.1 Å². The van der Waals surface area contributed by atoms with Crippen LogP contribution in [0.3, 0.4) is 0 Å². The fourth-order valence-electron chi connectivity index (χ4n) is 4.09. The van der Waals surface area contributed by atoms with Gasteiger partial charge in [-0.3, -0.25) is 9.98 Å². The van der Waals surface area contributed by atoms with Crippen molar-refractivity contribution in [2.24, 2.45) is 4.99 Å². The first-order chi connectivity index (χ1) is 15.5. The molecule has 1 fully saturated rings. The van der Waals surface area contributed by atoms with Gasteiger partial charge in [-0.1, -0.05) is 0 Å². The van der Waals surface area contributed by atoms with E-state index in [9.17, 15) is 8.78 Å². The summed E-state index contributed by atoms with van der Waals surface area (Å²) in [4.78, 5) is 13.2. The number of piperidine rings is 1. The zero-order valence-corrected chi connectivity index (χ0v) is 18.1. The molecule has 1 aromatic heterocycles. The molecule has 3 heterocycles. The Labute approximate surface area is 186 Å². The van der Waals surface area contributed by atoms with Gasteiger partial charge in [-0.2, -0.15) is 8.78 Å². The number of aliphatic imine (C=N–C) groups is 1. The number of rotatable bonds is 7. The van der Waals surface area contributed by atoms with Gasteiger partial charge in [0.15, 0.2) is 0 Å². The van der Waals surface area contributed by atoms with Gasteiger partial charge in [0.05, 0.1) is 19.0 Å². The number of hydrogen-bond donors (Lipinski definition) is 1. The quantitative estimate of drug-likeness (QED) is 0.694. The number of anilines is 2. The maximum absolute atomic E-state index is 12.6. The zero-order chi connectivity index (χ0) is 22.5. The summed E-state index contributed by atoms with van der Waals surface area (Å²) >= 11 is 0. The summed E-state index contributed by atoms with van der Waals surface area (Å²) in [6.07, 6.45) is 9.29. The maximum atomic E-state index is 12.6. The lowest BCUT2D eigenvalue weighted by Gasteiger charge is -2.41. The predicted molar refractivity (Wildman–Crippen MR) is 120 cm³/mol. The number of aromatic nitrogens is 1. The van der Waals surface area contributed by atoms with Crippen molar-refractivity contribution in [1.29, 1.82) is 0 Å². The van der Waals surface area contributed by atoms with Crippen molar-refractivity contribution >= 4 is 17.6 Å². The van der Waals surface area contributed by atoms with Crippen LogP contribution in [0.2, 0.25) is 0 Å².